The Morgan fingerprint density at radius 1 is 0.885 bits per heavy atom. The van der Waals surface area contributed by atoms with Crippen molar-refractivity contribution in [2.24, 2.45) is 11.8 Å². The third-order valence-electron chi connectivity index (χ3n) is 7.15. The summed E-state index contributed by atoms with van der Waals surface area (Å²) in [4.78, 5) is 15.1. The molecular weight excluding hydrogens is 318 g/mol. The number of rotatable bonds is 5. The highest BCUT2D eigenvalue weighted by Crippen LogP contribution is 2.47. The summed E-state index contributed by atoms with van der Waals surface area (Å²) in [6.07, 6.45) is 20.6. The van der Waals surface area contributed by atoms with E-state index in [4.69, 9.17) is 0 Å². The van der Waals surface area contributed by atoms with Crippen molar-refractivity contribution in [3.05, 3.63) is 12.3 Å². The average Bonchev–Trinajstić information content (AvgIpc) is 2.72. The molecule has 0 unspecified atom stereocenters. The van der Waals surface area contributed by atoms with Crippen LogP contribution in [-0.2, 0) is 4.79 Å². The molecule has 0 spiro atoms. The molecular formula is C24H43NO. The zero-order valence-corrected chi connectivity index (χ0v) is 17.6. The van der Waals surface area contributed by atoms with Gasteiger partial charge in [0.05, 0.1) is 0 Å². The van der Waals surface area contributed by atoms with Gasteiger partial charge in [-0.25, -0.2) is 0 Å². The summed E-state index contributed by atoms with van der Waals surface area (Å²) in [5, 5.41) is 0. The normalized spacial score (nSPS) is 23.3. The minimum absolute atomic E-state index is 0.224. The summed E-state index contributed by atoms with van der Waals surface area (Å²) in [6, 6.07) is 0. The summed E-state index contributed by atoms with van der Waals surface area (Å²) in [5.41, 5.74) is 1.02. The molecule has 2 saturated carbocycles. The number of allylic oxidation sites excluding steroid dienone is 1. The molecule has 150 valence electrons. The molecule has 0 aromatic carbocycles. The topological polar surface area (TPSA) is 20.3 Å². The first kappa shape index (κ1) is 21.5. The van der Waals surface area contributed by atoms with Crippen LogP contribution in [0.25, 0.3) is 0 Å². The van der Waals surface area contributed by atoms with Gasteiger partial charge in [0.1, 0.15) is 11.8 Å². The van der Waals surface area contributed by atoms with E-state index < -0.39 is 0 Å². The minimum atomic E-state index is -0.224. The molecule has 0 radical (unpaired) electrons. The number of unbranched alkanes of at least 4 members (excludes halogenated alkanes) is 1. The van der Waals surface area contributed by atoms with E-state index in [9.17, 15) is 4.79 Å². The summed E-state index contributed by atoms with van der Waals surface area (Å²) < 4.78 is 0. The molecule has 1 saturated heterocycles. The van der Waals surface area contributed by atoms with Crippen LogP contribution in [0.5, 0.6) is 0 Å². The fourth-order valence-electron chi connectivity index (χ4n) is 5.52. The van der Waals surface area contributed by atoms with Crippen molar-refractivity contribution < 1.29 is 4.79 Å². The van der Waals surface area contributed by atoms with Gasteiger partial charge in [-0.05, 0) is 56.8 Å². The highest BCUT2D eigenvalue weighted by molar-refractivity contribution is 5.66. The van der Waals surface area contributed by atoms with Gasteiger partial charge in [0, 0.05) is 12.2 Å². The van der Waals surface area contributed by atoms with Crippen molar-refractivity contribution in [3.8, 4) is 0 Å². The first-order valence-electron chi connectivity index (χ1n) is 11.6. The second-order valence-electron chi connectivity index (χ2n) is 8.85. The van der Waals surface area contributed by atoms with Crippen molar-refractivity contribution in [1.82, 2.24) is 4.90 Å². The molecule has 0 atom stereocenters. The van der Waals surface area contributed by atoms with Gasteiger partial charge < -0.3 is 9.69 Å². The van der Waals surface area contributed by atoms with E-state index in [1.165, 1.54) is 102 Å². The first-order valence-corrected chi connectivity index (χ1v) is 11.6. The molecule has 0 amide bonds. The van der Waals surface area contributed by atoms with Crippen LogP contribution in [0.4, 0.5) is 0 Å². The Labute approximate surface area is 162 Å². The molecule has 1 aliphatic heterocycles. The highest BCUT2D eigenvalue weighted by Gasteiger charge is 2.50. The van der Waals surface area contributed by atoms with Crippen LogP contribution >= 0.6 is 0 Å². The maximum Gasteiger partial charge on any atom is 0.146 e. The molecule has 0 N–H and O–H groups in total. The van der Waals surface area contributed by atoms with Crippen molar-refractivity contribution >= 4 is 6.29 Å². The van der Waals surface area contributed by atoms with Crippen LogP contribution in [-0.4, -0.2) is 23.3 Å². The predicted octanol–water partition coefficient (Wildman–Crippen LogP) is 6.89. The van der Waals surface area contributed by atoms with Gasteiger partial charge in [0.25, 0.3) is 0 Å². The first-order chi connectivity index (χ1) is 12.7. The molecule has 3 fully saturated rings. The lowest BCUT2D eigenvalue weighted by Gasteiger charge is -2.54. The number of hydrogen-bond acceptors (Lipinski definition) is 2. The second-order valence-corrected chi connectivity index (χ2v) is 8.85. The Hall–Kier alpha value is -0.790. The number of likely N-dealkylation sites (tertiary alicyclic amines) is 1. The van der Waals surface area contributed by atoms with Gasteiger partial charge in [-0.15, -0.1) is 0 Å². The van der Waals surface area contributed by atoms with E-state index in [0.717, 1.165) is 13.0 Å². The van der Waals surface area contributed by atoms with E-state index in [1.807, 2.05) is 0 Å². The van der Waals surface area contributed by atoms with Gasteiger partial charge in [-0.2, -0.15) is 0 Å². The van der Waals surface area contributed by atoms with Gasteiger partial charge >= 0.3 is 0 Å². The predicted molar refractivity (Wildman–Crippen MR) is 112 cm³/mol. The quantitative estimate of drug-likeness (QED) is 0.497. The number of carbonyl (C=O) groups excluding carboxylic acids is 1. The van der Waals surface area contributed by atoms with Gasteiger partial charge in [-0.1, -0.05) is 71.8 Å². The Morgan fingerprint density at radius 3 is 1.77 bits per heavy atom. The Balaban J connectivity index is 0.000000552. The summed E-state index contributed by atoms with van der Waals surface area (Å²) in [6.45, 7) is 9.79. The summed E-state index contributed by atoms with van der Waals surface area (Å²) in [5.74, 6) is 1.13. The van der Waals surface area contributed by atoms with Gasteiger partial charge in [0.15, 0.2) is 0 Å². The largest absolute Gasteiger partial charge is 0.362 e. The highest BCUT2D eigenvalue weighted by atomic mass is 16.1. The maximum absolute atomic E-state index is 12.6. The zero-order valence-electron chi connectivity index (χ0n) is 17.6. The van der Waals surface area contributed by atoms with Gasteiger partial charge in [0.2, 0.25) is 0 Å². The molecule has 2 nitrogen and oxygen atoms in total. The number of carbonyl (C=O) groups is 1. The second kappa shape index (κ2) is 11.1. The molecule has 0 aromatic rings. The Bertz CT molecular complexity index is 398. The lowest BCUT2D eigenvalue weighted by atomic mass is 9.63. The third kappa shape index (κ3) is 4.93. The SMILES string of the molecule is C=C1CCCCN1C(C=O)(C1CCCCC1)C1CCCCC1.CCCC. The molecule has 3 aliphatic rings. The van der Waals surface area contributed by atoms with Crippen molar-refractivity contribution in [2.45, 2.75) is 116 Å². The lowest BCUT2D eigenvalue weighted by Crippen LogP contribution is -2.61. The zero-order chi connectivity index (χ0) is 18.8. The summed E-state index contributed by atoms with van der Waals surface area (Å²) >= 11 is 0. The third-order valence-corrected chi connectivity index (χ3v) is 7.15. The van der Waals surface area contributed by atoms with Crippen LogP contribution in [0.15, 0.2) is 12.3 Å². The van der Waals surface area contributed by atoms with Crippen molar-refractivity contribution in [3.63, 3.8) is 0 Å². The molecule has 2 aliphatic carbocycles. The molecule has 0 bridgehead atoms. The number of hydrogen-bond donors (Lipinski definition) is 0. The monoisotopic (exact) mass is 361 g/mol. The van der Waals surface area contributed by atoms with Crippen molar-refractivity contribution in [2.75, 3.05) is 6.54 Å². The van der Waals surface area contributed by atoms with Gasteiger partial charge in [-0.3, -0.25) is 0 Å². The van der Waals surface area contributed by atoms with Crippen molar-refractivity contribution in [1.29, 1.82) is 0 Å². The average molecular weight is 362 g/mol. The fraction of sp³-hybridized carbons (Fsp3) is 0.875. The molecule has 2 heteroatoms. The number of nitrogens with zero attached hydrogens (tertiary/aromatic N) is 1. The fourth-order valence-corrected chi connectivity index (χ4v) is 5.52. The number of piperidine rings is 1. The molecule has 0 aromatic heterocycles. The van der Waals surface area contributed by atoms with E-state index >= 15 is 0 Å². The standard InChI is InChI=1S/C20H33NO.C4H10/c1-17-10-8-9-15-21(17)20(16-22,18-11-4-2-5-12-18)19-13-6-3-7-14-19;1-3-4-2/h16,18-19H,1-15H2;3-4H2,1-2H3. The maximum atomic E-state index is 12.6. The Morgan fingerprint density at radius 2 is 1.38 bits per heavy atom. The van der Waals surface area contributed by atoms with Crippen LogP contribution in [0.2, 0.25) is 0 Å². The summed E-state index contributed by atoms with van der Waals surface area (Å²) in [7, 11) is 0. The molecule has 26 heavy (non-hydrogen) atoms. The van der Waals surface area contributed by atoms with E-state index in [-0.39, 0.29) is 5.54 Å². The number of aldehydes is 1. The lowest BCUT2D eigenvalue weighted by molar-refractivity contribution is -0.129. The van der Waals surface area contributed by atoms with E-state index in [1.54, 1.807) is 0 Å². The van der Waals surface area contributed by atoms with Crippen LogP contribution in [0.1, 0.15) is 110 Å². The smallest absolute Gasteiger partial charge is 0.146 e. The minimum Gasteiger partial charge on any atom is -0.362 e. The van der Waals surface area contributed by atoms with E-state index in [2.05, 4.69) is 25.3 Å². The van der Waals surface area contributed by atoms with Crippen LogP contribution < -0.4 is 0 Å². The molecule has 1 heterocycles. The molecule has 3 rings (SSSR count). The van der Waals surface area contributed by atoms with E-state index in [0.29, 0.717) is 11.8 Å². The van der Waals surface area contributed by atoms with Crippen LogP contribution in [0.3, 0.4) is 0 Å². The van der Waals surface area contributed by atoms with Crippen LogP contribution in [0, 0.1) is 11.8 Å². The Kier molecular flexibility index (Phi) is 9.22.